The first kappa shape index (κ1) is 18.4. The van der Waals surface area contributed by atoms with Gasteiger partial charge in [0.05, 0.1) is 0 Å². The van der Waals surface area contributed by atoms with Gasteiger partial charge in [-0.3, -0.25) is 9.59 Å². The van der Waals surface area contributed by atoms with E-state index in [2.05, 4.69) is 6.92 Å². The van der Waals surface area contributed by atoms with E-state index < -0.39 is 0 Å². The number of carbonyl (C=O) groups excluding carboxylic acids is 2. The van der Waals surface area contributed by atoms with E-state index in [4.69, 9.17) is 4.74 Å². The van der Waals surface area contributed by atoms with Gasteiger partial charge in [-0.25, -0.2) is 0 Å². The van der Waals surface area contributed by atoms with Gasteiger partial charge in [-0.1, -0.05) is 70.4 Å². The second kappa shape index (κ2) is 12.0. The molecule has 0 aliphatic heterocycles. The molecule has 0 saturated heterocycles. The molecule has 0 bridgehead atoms. The quantitative estimate of drug-likeness (QED) is 0.227. The van der Waals surface area contributed by atoms with Crippen molar-refractivity contribution in [2.75, 3.05) is 0 Å². The summed E-state index contributed by atoms with van der Waals surface area (Å²) < 4.78 is 5.23. The second-order valence-electron chi connectivity index (χ2n) is 5.74. The number of carbonyl (C=O) groups is 2. The summed E-state index contributed by atoms with van der Waals surface area (Å²) in [5.74, 6) is 0.233. The Bertz CT molecular complexity index is 440. The van der Waals surface area contributed by atoms with Gasteiger partial charge in [0.1, 0.15) is 12.0 Å². The van der Waals surface area contributed by atoms with Crippen molar-refractivity contribution in [2.45, 2.75) is 71.1 Å². The third kappa shape index (κ3) is 8.60. The Balaban J connectivity index is 2.05. The van der Waals surface area contributed by atoms with Crippen molar-refractivity contribution in [1.82, 2.24) is 0 Å². The zero-order chi connectivity index (χ0) is 16.0. The van der Waals surface area contributed by atoms with E-state index in [0.29, 0.717) is 17.7 Å². The maximum atomic E-state index is 11.7. The smallest absolute Gasteiger partial charge is 0.311 e. The number of hydrogen-bond acceptors (Lipinski definition) is 3. The molecular formula is C19H28O3. The summed E-state index contributed by atoms with van der Waals surface area (Å²) in [6, 6.07) is 6.68. The number of hydrogen-bond donors (Lipinski definition) is 0. The van der Waals surface area contributed by atoms with E-state index >= 15 is 0 Å². The van der Waals surface area contributed by atoms with E-state index in [1.807, 2.05) is 0 Å². The first-order valence-corrected chi connectivity index (χ1v) is 8.52. The maximum Gasteiger partial charge on any atom is 0.311 e. The molecule has 0 amide bonds. The number of esters is 1. The predicted molar refractivity (Wildman–Crippen MR) is 89.3 cm³/mol. The zero-order valence-corrected chi connectivity index (χ0v) is 13.7. The topological polar surface area (TPSA) is 43.4 Å². The number of ether oxygens (including phenoxy) is 1. The Labute approximate surface area is 134 Å². The highest BCUT2D eigenvalue weighted by Gasteiger charge is 2.05. The molecule has 0 atom stereocenters. The van der Waals surface area contributed by atoms with Gasteiger partial charge >= 0.3 is 5.97 Å². The van der Waals surface area contributed by atoms with Crippen LogP contribution in [0.2, 0.25) is 0 Å². The second-order valence-corrected chi connectivity index (χ2v) is 5.74. The van der Waals surface area contributed by atoms with Crippen LogP contribution in [0.1, 0.15) is 81.5 Å². The first-order valence-electron chi connectivity index (χ1n) is 8.52. The highest BCUT2D eigenvalue weighted by atomic mass is 16.5. The summed E-state index contributed by atoms with van der Waals surface area (Å²) in [5.41, 5.74) is 0.522. The lowest BCUT2D eigenvalue weighted by atomic mass is 10.1. The molecule has 0 radical (unpaired) electrons. The van der Waals surface area contributed by atoms with Gasteiger partial charge < -0.3 is 4.74 Å². The van der Waals surface area contributed by atoms with Crippen molar-refractivity contribution in [3.05, 3.63) is 29.8 Å². The monoisotopic (exact) mass is 304 g/mol. The van der Waals surface area contributed by atoms with Crippen LogP contribution < -0.4 is 4.74 Å². The van der Waals surface area contributed by atoms with Gasteiger partial charge in [-0.2, -0.15) is 0 Å². The Kier molecular flexibility index (Phi) is 10.0. The lowest BCUT2D eigenvalue weighted by molar-refractivity contribution is -0.134. The van der Waals surface area contributed by atoms with Crippen LogP contribution in [0.15, 0.2) is 24.3 Å². The summed E-state index contributed by atoms with van der Waals surface area (Å²) in [5, 5.41) is 0. The summed E-state index contributed by atoms with van der Waals surface area (Å²) in [4.78, 5) is 22.4. The minimum atomic E-state index is -0.217. The lowest BCUT2D eigenvalue weighted by Crippen LogP contribution is -2.07. The molecular weight excluding hydrogens is 276 g/mol. The molecule has 0 aliphatic rings. The van der Waals surface area contributed by atoms with Crippen molar-refractivity contribution in [2.24, 2.45) is 0 Å². The standard InChI is InChI=1S/C19H28O3/c1-2-3-4-5-6-7-8-9-10-14-19(21)22-18-13-11-12-17(15-18)16-20/h11-13,15-16H,2-10,14H2,1H3. The average molecular weight is 304 g/mol. The minimum absolute atomic E-state index is 0.217. The average Bonchev–Trinajstić information content (AvgIpc) is 2.53. The summed E-state index contributed by atoms with van der Waals surface area (Å²) in [7, 11) is 0. The molecule has 3 heteroatoms. The maximum absolute atomic E-state index is 11.7. The Morgan fingerprint density at radius 1 is 1.00 bits per heavy atom. The fraction of sp³-hybridized carbons (Fsp3) is 0.579. The van der Waals surface area contributed by atoms with Crippen LogP contribution in [0, 0.1) is 0 Å². The van der Waals surface area contributed by atoms with Crippen molar-refractivity contribution in [3.8, 4) is 5.75 Å². The molecule has 0 aliphatic carbocycles. The van der Waals surface area contributed by atoms with E-state index in [-0.39, 0.29) is 5.97 Å². The third-order valence-electron chi connectivity index (χ3n) is 3.71. The third-order valence-corrected chi connectivity index (χ3v) is 3.71. The van der Waals surface area contributed by atoms with Crippen LogP contribution in [0.5, 0.6) is 5.75 Å². The van der Waals surface area contributed by atoms with E-state index in [9.17, 15) is 9.59 Å². The van der Waals surface area contributed by atoms with Crippen LogP contribution in [0.25, 0.3) is 0 Å². The van der Waals surface area contributed by atoms with Crippen LogP contribution in [0.3, 0.4) is 0 Å². The van der Waals surface area contributed by atoms with Gasteiger partial charge in [0.15, 0.2) is 0 Å². The van der Waals surface area contributed by atoms with Crippen molar-refractivity contribution in [1.29, 1.82) is 0 Å². The molecule has 1 aromatic rings. The molecule has 0 N–H and O–H groups in total. The van der Waals surface area contributed by atoms with Crippen LogP contribution in [-0.4, -0.2) is 12.3 Å². The van der Waals surface area contributed by atoms with Gasteiger partial charge in [-0.05, 0) is 18.6 Å². The number of benzene rings is 1. The van der Waals surface area contributed by atoms with Crippen molar-refractivity contribution in [3.63, 3.8) is 0 Å². The van der Waals surface area contributed by atoms with Gasteiger partial charge in [0, 0.05) is 12.0 Å². The largest absolute Gasteiger partial charge is 0.427 e. The molecule has 1 aromatic carbocycles. The molecule has 3 nitrogen and oxygen atoms in total. The van der Waals surface area contributed by atoms with Gasteiger partial charge in [0.2, 0.25) is 0 Å². The molecule has 122 valence electrons. The molecule has 0 aromatic heterocycles. The normalized spacial score (nSPS) is 10.4. The van der Waals surface area contributed by atoms with E-state index in [1.165, 1.54) is 44.9 Å². The predicted octanol–water partition coefficient (Wildman–Crippen LogP) is 5.33. The van der Waals surface area contributed by atoms with Crippen molar-refractivity contribution >= 4 is 12.3 Å². The Hall–Kier alpha value is -1.64. The fourth-order valence-corrected chi connectivity index (χ4v) is 2.41. The van der Waals surface area contributed by atoms with Crippen molar-refractivity contribution < 1.29 is 14.3 Å². The number of aldehydes is 1. The van der Waals surface area contributed by atoms with Crippen LogP contribution in [0.4, 0.5) is 0 Å². The van der Waals surface area contributed by atoms with Crippen LogP contribution >= 0.6 is 0 Å². The highest BCUT2D eigenvalue weighted by molar-refractivity contribution is 5.77. The first-order chi connectivity index (χ1) is 10.8. The SMILES string of the molecule is CCCCCCCCCCCC(=O)Oc1cccc(C=O)c1. The molecule has 0 fully saturated rings. The van der Waals surface area contributed by atoms with Crippen LogP contribution in [-0.2, 0) is 4.79 Å². The molecule has 1 rings (SSSR count). The molecule has 0 saturated carbocycles. The molecule has 0 unspecified atom stereocenters. The Morgan fingerprint density at radius 2 is 1.64 bits per heavy atom. The van der Waals surface area contributed by atoms with Gasteiger partial charge in [-0.15, -0.1) is 0 Å². The summed E-state index contributed by atoms with van der Waals surface area (Å²) in [6.07, 6.45) is 12.2. The van der Waals surface area contributed by atoms with E-state index in [1.54, 1.807) is 24.3 Å². The summed E-state index contributed by atoms with van der Waals surface area (Å²) >= 11 is 0. The Morgan fingerprint density at radius 3 is 2.27 bits per heavy atom. The molecule has 0 spiro atoms. The van der Waals surface area contributed by atoms with Gasteiger partial charge in [0.25, 0.3) is 0 Å². The molecule has 22 heavy (non-hydrogen) atoms. The van der Waals surface area contributed by atoms with E-state index in [0.717, 1.165) is 19.1 Å². The summed E-state index contributed by atoms with van der Waals surface area (Å²) in [6.45, 7) is 2.23. The lowest BCUT2D eigenvalue weighted by Gasteiger charge is -2.05. The fourth-order valence-electron chi connectivity index (χ4n) is 2.41. The zero-order valence-electron chi connectivity index (χ0n) is 13.7. The minimum Gasteiger partial charge on any atom is -0.427 e. The number of rotatable bonds is 12. The highest BCUT2D eigenvalue weighted by Crippen LogP contribution is 2.14. The number of unbranched alkanes of at least 4 members (excludes halogenated alkanes) is 8. The molecule has 0 heterocycles.